The van der Waals surface area contributed by atoms with Crippen LogP contribution >= 0.6 is 27.3 Å². The van der Waals surface area contributed by atoms with Crippen LogP contribution in [0.15, 0.2) is 15.9 Å². The highest BCUT2D eigenvalue weighted by atomic mass is 79.9. The van der Waals surface area contributed by atoms with E-state index >= 15 is 0 Å². The van der Waals surface area contributed by atoms with Crippen LogP contribution in [-0.2, 0) is 0 Å². The predicted molar refractivity (Wildman–Crippen MR) is 75.9 cm³/mol. The van der Waals surface area contributed by atoms with Gasteiger partial charge in [0.05, 0.1) is 9.83 Å². The van der Waals surface area contributed by atoms with Crippen LogP contribution < -0.4 is 5.73 Å². The van der Waals surface area contributed by atoms with Crippen LogP contribution in [0.3, 0.4) is 0 Å². The molecular formula is C12H21BrN2S. The molecule has 4 heteroatoms. The van der Waals surface area contributed by atoms with Crippen LogP contribution in [0.4, 0.5) is 0 Å². The second kappa shape index (κ2) is 6.74. The highest BCUT2D eigenvalue weighted by molar-refractivity contribution is 9.11. The molecule has 1 aromatic rings. The zero-order valence-corrected chi connectivity index (χ0v) is 12.6. The summed E-state index contributed by atoms with van der Waals surface area (Å²) in [5.41, 5.74) is 5.87. The van der Waals surface area contributed by atoms with E-state index in [1.807, 2.05) is 0 Å². The zero-order chi connectivity index (χ0) is 12.1. The van der Waals surface area contributed by atoms with Gasteiger partial charge in [-0.2, -0.15) is 0 Å². The van der Waals surface area contributed by atoms with Crippen molar-refractivity contribution in [2.24, 2.45) is 11.7 Å². The van der Waals surface area contributed by atoms with Gasteiger partial charge in [-0.25, -0.2) is 0 Å². The highest BCUT2D eigenvalue weighted by Gasteiger charge is 2.17. The fraction of sp³-hybridized carbons (Fsp3) is 0.667. The van der Waals surface area contributed by atoms with E-state index in [1.54, 1.807) is 11.3 Å². The van der Waals surface area contributed by atoms with Gasteiger partial charge in [-0.05, 0) is 54.0 Å². The molecular weight excluding hydrogens is 284 g/mol. The number of nitrogens with zero attached hydrogens (tertiary/aromatic N) is 1. The van der Waals surface area contributed by atoms with Gasteiger partial charge in [0.25, 0.3) is 0 Å². The smallest absolute Gasteiger partial charge is 0.0702 e. The Morgan fingerprint density at radius 2 is 2.12 bits per heavy atom. The normalized spacial score (nSPS) is 13.7. The van der Waals surface area contributed by atoms with Crippen LogP contribution in [-0.4, -0.2) is 25.0 Å². The average Bonchev–Trinajstić information content (AvgIpc) is 2.63. The number of nitrogens with two attached hydrogens (primary N) is 1. The quantitative estimate of drug-likeness (QED) is 0.872. The summed E-state index contributed by atoms with van der Waals surface area (Å²) in [5.74, 6) is 0.746. The van der Waals surface area contributed by atoms with Crippen molar-refractivity contribution in [1.82, 2.24) is 4.90 Å². The number of rotatable bonds is 6. The van der Waals surface area contributed by atoms with Crippen molar-refractivity contribution in [2.75, 3.05) is 20.1 Å². The number of likely N-dealkylation sites (N-methyl/N-ethyl adjacent to an activating group) is 1. The molecule has 0 bridgehead atoms. The molecule has 1 rings (SSSR count). The van der Waals surface area contributed by atoms with Crippen molar-refractivity contribution in [3.63, 3.8) is 0 Å². The van der Waals surface area contributed by atoms with E-state index in [0.717, 1.165) is 12.5 Å². The molecule has 16 heavy (non-hydrogen) atoms. The summed E-state index contributed by atoms with van der Waals surface area (Å²) < 4.78 is 1.18. The third kappa shape index (κ3) is 4.17. The van der Waals surface area contributed by atoms with Crippen LogP contribution in [0.5, 0.6) is 0 Å². The van der Waals surface area contributed by atoms with Gasteiger partial charge in [0.1, 0.15) is 0 Å². The van der Waals surface area contributed by atoms with Gasteiger partial charge in [-0.3, -0.25) is 4.90 Å². The van der Waals surface area contributed by atoms with Crippen molar-refractivity contribution >= 4 is 27.3 Å². The van der Waals surface area contributed by atoms with Crippen LogP contribution in [0.2, 0.25) is 0 Å². The monoisotopic (exact) mass is 304 g/mol. The highest BCUT2D eigenvalue weighted by Crippen LogP contribution is 2.29. The van der Waals surface area contributed by atoms with Gasteiger partial charge in [0.15, 0.2) is 0 Å². The molecule has 1 aromatic heterocycles. The van der Waals surface area contributed by atoms with Gasteiger partial charge >= 0.3 is 0 Å². The molecule has 1 unspecified atom stereocenters. The van der Waals surface area contributed by atoms with E-state index in [4.69, 9.17) is 5.73 Å². The summed E-state index contributed by atoms with van der Waals surface area (Å²) in [6.45, 7) is 6.30. The molecule has 0 aromatic carbocycles. The number of halogens is 1. The van der Waals surface area contributed by atoms with Gasteiger partial charge in [0.2, 0.25) is 0 Å². The molecule has 0 fully saturated rings. The van der Waals surface area contributed by atoms with Crippen molar-refractivity contribution in [3.8, 4) is 0 Å². The lowest BCUT2D eigenvalue weighted by Gasteiger charge is -2.26. The molecule has 0 spiro atoms. The van der Waals surface area contributed by atoms with Gasteiger partial charge < -0.3 is 5.73 Å². The first kappa shape index (κ1) is 14.2. The molecule has 1 atom stereocenters. The summed E-state index contributed by atoms with van der Waals surface area (Å²) in [6, 6.07) is 4.62. The largest absolute Gasteiger partial charge is 0.329 e. The SMILES string of the molecule is CC(C)CCN(C)C(CN)c1ccc(Br)s1. The molecule has 0 radical (unpaired) electrons. The maximum atomic E-state index is 5.87. The minimum absolute atomic E-state index is 0.357. The van der Waals surface area contributed by atoms with Crippen molar-refractivity contribution in [2.45, 2.75) is 26.3 Å². The second-order valence-electron chi connectivity index (χ2n) is 4.56. The molecule has 0 amide bonds. The Morgan fingerprint density at radius 1 is 1.44 bits per heavy atom. The van der Waals surface area contributed by atoms with E-state index in [-0.39, 0.29) is 0 Å². The summed E-state index contributed by atoms with van der Waals surface area (Å²) in [6.07, 6.45) is 1.22. The Balaban J connectivity index is 2.59. The van der Waals surface area contributed by atoms with Crippen LogP contribution in [0, 0.1) is 5.92 Å². The van der Waals surface area contributed by atoms with Crippen molar-refractivity contribution in [3.05, 3.63) is 20.8 Å². The Morgan fingerprint density at radius 3 is 2.56 bits per heavy atom. The first-order valence-corrected chi connectivity index (χ1v) is 7.31. The second-order valence-corrected chi connectivity index (χ2v) is 7.05. The fourth-order valence-corrected chi connectivity index (χ4v) is 3.24. The first-order valence-electron chi connectivity index (χ1n) is 5.70. The standard InChI is InChI=1S/C12H21BrN2S/c1-9(2)6-7-15(3)10(8-14)11-4-5-12(13)16-11/h4-5,9-10H,6-8,14H2,1-3H3. The molecule has 0 aliphatic rings. The van der Waals surface area contributed by atoms with Crippen molar-refractivity contribution in [1.29, 1.82) is 0 Å². The van der Waals surface area contributed by atoms with E-state index < -0.39 is 0 Å². The molecule has 0 saturated carbocycles. The third-order valence-electron chi connectivity index (χ3n) is 2.74. The van der Waals surface area contributed by atoms with Crippen LogP contribution in [0.1, 0.15) is 31.2 Å². The Hall–Kier alpha value is 0.1000. The van der Waals surface area contributed by atoms with Gasteiger partial charge in [-0.1, -0.05) is 13.8 Å². The number of hydrogen-bond donors (Lipinski definition) is 1. The number of thiophene rings is 1. The molecule has 0 saturated heterocycles. The summed E-state index contributed by atoms with van der Waals surface area (Å²) in [4.78, 5) is 3.71. The van der Waals surface area contributed by atoms with Gasteiger partial charge in [0, 0.05) is 11.4 Å². The Bertz CT molecular complexity index is 312. The Labute approximate surface area is 111 Å². The zero-order valence-electron chi connectivity index (χ0n) is 10.2. The lowest BCUT2D eigenvalue weighted by molar-refractivity contribution is 0.239. The topological polar surface area (TPSA) is 29.3 Å². The van der Waals surface area contributed by atoms with E-state index in [0.29, 0.717) is 12.6 Å². The van der Waals surface area contributed by atoms with E-state index in [1.165, 1.54) is 15.1 Å². The molecule has 1 heterocycles. The molecule has 0 aliphatic heterocycles. The molecule has 2 nitrogen and oxygen atoms in total. The number of hydrogen-bond acceptors (Lipinski definition) is 3. The van der Waals surface area contributed by atoms with Crippen LogP contribution in [0.25, 0.3) is 0 Å². The summed E-state index contributed by atoms with van der Waals surface area (Å²) in [5, 5.41) is 0. The van der Waals surface area contributed by atoms with E-state index in [2.05, 4.69) is 53.9 Å². The maximum Gasteiger partial charge on any atom is 0.0702 e. The maximum absolute atomic E-state index is 5.87. The molecule has 92 valence electrons. The third-order valence-corrected chi connectivity index (χ3v) is 4.46. The first-order chi connectivity index (χ1) is 7.54. The minimum Gasteiger partial charge on any atom is -0.329 e. The van der Waals surface area contributed by atoms with Crippen molar-refractivity contribution < 1.29 is 0 Å². The predicted octanol–water partition coefficient (Wildman–Crippen LogP) is 3.49. The van der Waals surface area contributed by atoms with E-state index in [9.17, 15) is 0 Å². The molecule has 2 N–H and O–H groups in total. The Kier molecular flexibility index (Phi) is 5.97. The lowest BCUT2D eigenvalue weighted by atomic mass is 10.1. The average molecular weight is 305 g/mol. The molecule has 0 aliphatic carbocycles. The summed E-state index contributed by atoms with van der Waals surface area (Å²) >= 11 is 5.28. The fourth-order valence-electron chi connectivity index (χ4n) is 1.64. The van der Waals surface area contributed by atoms with Gasteiger partial charge in [-0.15, -0.1) is 11.3 Å². The summed E-state index contributed by atoms with van der Waals surface area (Å²) in [7, 11) is 2.16. The lowest BCUT2D eigenvalue weighted by Crippen LogP contribution is -2.31. The minimum atomic E-state index is 0.357.